The third-order valence-electron chi connectivity index (χ3n) is 3.38. The fourth-order valence-corrected chi connectivity index (χ4v) is 2.06. The van der Waals surface area contributed by atoms with E-state index < -0.39 is 0 Å². The number of rotatable bonds is 5. The van der Waals surface area contributed by atoms with Crippen LogP contribution in [0.1, 0.15) is 12.7 Å². The van der Waals surface area contributed by atoms with Gasteiger partial charge in [0.05, 0.1) is 12.1 Å². The second-order valence-corrected chi connectivity index (χ2v) is 5.16. The molecule has 1 fully saturated rings. The van der Waals surface area contributed by atoms with Crippen molar-refractivity contribution in [1.82, 2.24) is 25.2 Å². The Morgan fingerprint density at radius 1 is 1.50 bits per heavy atom. The molecule has 3 heterocycles. The molecule has 0 aromatic carbocycles. The Morgan fingerprint density at radius 2 is 2.35 bits per heavy atom. The van der Waals surface area contributed by atoms with Crippen LogP contribution in [-0.4, -0.2) is 45.8 Å². The van der Waals surface area contributed by atoms with E-state index in [9.17, 15) is 4.79 Å². The zero-order chi connectivity index (χ0) is 14.0. The van der Waals surface area contributed by atoms with Crippen molar-refractivity contribution in [3.05, 3.63) is 30.2 Å². The molecule has 0 radical (unpaired) electrons. The number of aromatic nitrogens is 3. The fraction of sp³-hybridized carbons (Fsp3) is 0.462. The lowest BCUT2D eigenvalue weighted by molar-refractivity contribution is -0.136. The lowest BCUT2D eigenvalue weighted by atomic mass is 10.0. The van der Waals surface area contributed by atoms with Crippen molar-refractivity contribution in [3.63, 3.8) is 0 Å². The number of nitrogens with one attached hydrogen (secondary N) is 2. The van der Waals surface area contributed by atoms with Crippen molar-refractivity contribution in [2.75, 3.05) is 19.7 Å². The molecule has 2 aromatic heterocycles. The van der Waals surface area contributed by atoms with Gasteiger partial charge in [0.25, 0.3) is 0 Å². The van der Waals surface area contributed by atoms with Crippen molar-refractivity contribution >= 4 is 11.6 Å². The minimum atomic E-state index is -0.209. The summed E-state index contributed by atoms with van der Waals surface area (Å²) in [4.78, 5) is 11.7. The Kier molecular flexibility index (Phi) is 3.37. The summed E-state index contributed by atoms with van der Waals surface area (Å²) >= 11 is 0. The maximum atomic E-state index is 11.7. The summed E-state index contributed by atoms with van der Waals surface area (Å²) in [5.74, 6) is 0.552. The summed E-state index contributed by atoms with van der Waals surface area (Å²) in [7, 11) is 0. The van der Waals surface area contributed by atoms with Crippen LogP contribution in [0.3, 0.4) is 0 Å². The van der Waals surface area contributed by atoms with Gasteiger partial charge in [0.1, 0.15) is 6.61 Å². The minimum absolute atomic E-state index is 0.0644. The van der Waals surface area contributed by atoms with E-state index in [1.54, 1.807) is 0 Å². The van der Waals surface area contributed by atoms with Crippen molar-refractivity contribution < 1.29 is 9.53 Å². The summed E-state index contributed by atoms with van der Waals surface area (Å²) in [5.41, 5.74) is 0.555. The fourth-order valence-electron chi connectivity index (χ4n) is 2.06. The maximum absolute atomic E-state index is 11.7. The second kappa shape index (κ2) is 5.18. The SMILES string of the molecule is CC1(OCC(=O)NCc2nnc3ccccn23)CNC1. The van der Waals surface area contributed by atoms with E-state index in [1.807, 2.05) is 35.7 Å². The number of ether oxygens (including phenoxy) is 1. The summed E-state index contributed by atoms with van der Waals surface area (Å²) in [6, 6.07) is 5.66. The average Bonchev–Trinajstić information content (AvgIpc) is 2.84. The van der Waals surface area contributed by atoms with E-state index in [0.29, 0.717) is 12.4 Å². The maximum Gasteiger partial charge on any atom is 0.246 e. The van der Waals surface area contributed by atoms with Gasteiger partial charge >= 0.3 is 0 Å². The second-order valence-electron chi connectivity index (χ2n) is 5.16. The molecule has 0 unspecified atom stereocenters. The molecule has 3 rings (SSSR count). The summed E-state index contributed by atoms with van der Waals surface area (Å²) in [5, 5.41) is 14.0. The molecule has 106 valence electrons. The van der Waals surface area contributed by atoms with Crippen molar-refractivity contribution in [2.45, 2.75) is 19.1 Å². The zero-order valence-corrected chi connectivity index (χ0v) is 11.3. The number of nitrogens with zero attached hydrogens (tertiary/aromatic N) is 3. The number of hydrogen-bond donors (Lipinski definition) is 2. The molecule has 0 aliphatic carbocycles. The molecule has 0 saturated carbocycles. The summed E-state index contributed by atoms with van der Waals surface area (Å²) in [6.45, 7) is 3.96. The molecule has 2 N–H and O–H groups in total. The van der Waals surface area contributed by atoms with Gasteiger partial charge in [-0.1, -0.05) is 6.07 Å². The highest BCUT2D eigenvalue weighted by Gasteiger charge is 2.32. The van der Waals surface area contributed by atoms with Crippen molar-refractivity contribution in [3.8, 4) is 0 Å². The molecule has 7 heteroatoms. The van der Waals surface area contributed by atoms with E-state index >= 15 is 0 Å². The van der Waals surface area contributed by atoms with Crippen LogP contribution in [-0.2, 0) is 16.1 Å². The first-order valence-electron chi connectivity index (χ1n) is 6.56. The first kappa shape index (κ1) is 13.0. The molecule has 1 saturated heterocycles. The third-order valence-corrected chi connectivity index (χ3v) is 3.38. The molecule has 0 spiro atoms. The van der Waals surface area contributed by atoms with Gasteiger partial charge in [0.2, 0.25) is 5.91 Å². The lowest BCUT2D eigenvalue weighted by Gasteiger charge is -2.38. The normalized spacial score (nSPS) is 16.9. The van der Waals surface area contributed by atoms with Crippen LogP contribution in [0.5, 0.6) is 0 Å². The summed E-state index contributed by atoms with van der Waals surface area (Å²) < 4.78 is 7.41. The highest BCUT2D eigenvalue weighted by Crippen LogP contribution is 2.14. The Hall–Kier alpha value is -1.99. The quantitative estimate of drug-likeness (QED) is 0.785. The van der Waals surface area contributed by atoms with E-state index in [0.717, 1.165) is 18.7 Å². The number of pyridine rings is 1. The van der Waals surface area contributed by atoms with Crippen LogP contribution >= 0.6 is 0 Å². The molecule has 20 heavy (non-hydrogen) atoms. The van der Waals surface area contributed by atoms with E-state index in [1.165, 1.54) is 0 Å². The first-order valence-corrected chi connectivity index (χ1v) is 6.56. The summed E-state index contributed by atoms with van der Waals surface area (Å²) in [6.07, 6.45) is 1.87. The Balaban J connectivity index is 1.52. The van der Waals surface area contributed by atoms with E-state index in [2.05, 4.69) is 20.8 Å². The largest absolute Gasteiger partial charge is 0.363 e. The molecule has 0 bridgehead atoms. The number of carbonyl (C=O) groups excluding carboxylic acids is 1. The average molecular weight is 275 g/mol. The number of hydrogen-bond acceptors (Lipinski definition) is 5. The van der Waals surface area contributed by atoms with Gasteiger partial charge in [0, 0.05) is 19.3 Å². The smallest absolute Gasteiger partial charge is 0.246 e. The van der Waals surface area contributed by atoms with Crippen molar-refractivity contribution in [1.29, 1.82) is 0 Å². The monoisotopic (exact) mass is 275 g/mol. The van der Waals surface area contributed by atoms with E-state index in [-0.39, 0.29) is 18.1 Å². The van der Waals surface area contributed by atoms with Gasteiger partial charge in [-0.15, -0.1) is 10.2 Å². The van der Waals surface area contributed by atoms with E-state index in [4.69, 9.17) is 4.74 Å². The standard InChI is InChI=1S/C13H17N5O2/c1-13(8-14-9-13)20-7-12(19)15-6-11-17-16-10-4-2-3-5-18(10)11/h2-5,14H,6-9H2,1H3,(H,15,19). The number of amides is 1. The molecular weight excluding hydrogens is 258 g/mol. The number of fused-ring (bicyclic) bond motifs is 1. The van der Waals surface area contributed by atoms with Gasteiger partial charge in [0.15, 0.2) is 11.5 Å². The third kappa shape index (κ3) is 2.63. The molecular formula is C13H17N5O2. The number of carbonyl (C=O) groups is 1. The van der Waals surface area contributed by atoms with Crippen LogP contribution in [0.15, 0.2) is 24.4 Å². The van der Waals surface area contributed by atoms with Crippen LogP contribution in [0, 0.1) is 0 Å². The predicted molar refractivity (Wildman–Crippen MR) is 72.1 cm³/mol. The molecule has 1 aliphatic rings. The van der Waals surface area contributed by atoms with Crippen LogP contribution < -0.4 is 10.6 Å². The van der Waals surface area contributed by atoms with Gasteiger partial charge in [-0.2, -0.15) is 0 Å². The Bertz CT molecular complexity index is 620. The van der Waals surface area contributed by atoms with Crippen LogP contribution in [0.25, 0.3) is 5.65 Å². The van der Waals surface area contributed by atoms with Gasteiger partial charge < -0.3 is 15.4 Å². The minimum Gasteiger partial charge on any atom is -0.363 e. The first-order chi connectivity index (χ1) is 9.66. The Morgan fingerprint density at radius 3 is 3.10 bits per heavy atom. The molecule has 1 aliphatic heterocycles. The van der Waals surface area contributed by atoms with Gasteiger partial charge in [-0.25, -0.2) is 0 Å². The highest BCUT2D eigenvalue weighted by atomic mass is 16.5. The molecule has 7 nitrogen and oxygen atoms in total. The van der Waals surface area contributed by atoms with Crippen LogP contribution in [0.2, 0.25) is 0 Å². The highest BCUT2D eigenvalue weighted by molar-refractivity contribution is 5.77. The topological polar surface area (TPSA) is 80.5 Å². The molecule has 2 aromatic rings. The van der Waals surface area contributed by atoms with Gasteiger partial charge in [-0.3, -0.25) is 9.20 Å². The zero-order valence-electron chi connectivity index (χ0n) is 11.3. The van der Waals surface area contributed by atoms with Gasteiger partial charge in [-0.05, 0) is 19.1 Å². The van der Waals surface area contributed by atoms with Crippen molar-refractivity contribution in [2.24, 2.45) is 0 Å². The van der Waals surface area contributed by atoms with Crippen LogP contribution in [0.4, 0.5) is 0 Å². The Labute approximate surface area is 116 Å². The molecule has 1 amide bonds. The lowest BCUT2D eigenvalue weighted by Crippen LogP contribution is -2.59. The molecule has 0 atom stereocenters. The predicted octanol–water partition coefficient (Wildman–Crippen LogP) is -0.276.